The number of nitrogens with one attached hydrogen (secondary N) is 1. The SMILES string of the molecule is CCCNC(CC)COC(=O)OC(C)(C)C. The van der Waals surface area contributed by atoms with Gasteiger partial charge in [0.1, 0.15) is 12.2 Å². The molecule has 0 saturated carbocycles. The molecule has 0 aromatic carbocycles. The predicted octanol–water partition coefficient (Wildman–Crippen LogP) is 2.72. The zero-order chi connectivity index (χ0) is 12.6. The van der Waals surface area contributed by atoms with Crippen molar-refractivity contribution in [3.63, 3.8) is 0 Å². The van der Waals surface area contributed by atoms with Gasteiger partial charge < -0.3 is 14.8 Å². The fraction of sp³-hybridized carbons (Fsp3) is 0.917. The zero-order valence-corrected chi connectivity index (χ0v) is 11.1. The lowest BCUT2D eigenvalue weighted by atomic mass is 10.2. The van der Waals surface area contributed by atoms with Crippen molar-refractivity contribution in [2.75, 3.05) is 13.2 Å². The van der Waals surface area contributed by atoms with Crippen molar-refractivity contribution in [1.82, 2.24) is 5.32 Å². The standard InChI is InChI=1S/C12H25NO3/c1-6-8-13-10(7-2)9-15-11(14)16-12(3,4)5/h10,13H,6-9H2,1-5H3. The summed E-state index contributed by atoms with van der Waals surface area (Å²) in [7, 11) is 0. The van der Waals surface area contributed by atoms with Crippen LogP contribution in [0.15, 0.2) is 0 Å². The maximum Gasteiger partial charge on any atom is 0.508 e. The number of carbonyl (C=O) groups is 1. The second-order valence-electron chi connectivity index (χ2n) is 4.83. The van der Waals surface area contributed by atoms with Crippen molar-refractivity contribution in [3.8, 4) is 0 Å². The van der Waals surface area contributed by atoms with Gasteiger partial charge in [-0.25, -0.2) is 4.79 Å². The zero-order valence-electron chi connectivity index (χ0n) is 11.1. The second-order valence-corrected chi connectivity index (χ2v) is 4.83. The minimum Gasteiger partial charge on any atom is -0.433 e. The molecule has 0 aliphatic heterocycles. The van der Waals surface area contributed by atoms with Gasteiger partial charge >= 0.3 is 6.16 Å². The van der Waals surface area contributed by atoms with Gasteiger partial charge in [-0.3, -0.25) is 0 Å². The van der Waals surface area contributed by atoms with Gasteiger partial charge in [-0.15, -0.1) is 0 Å². The van der Waals surface area contributed by atoms with Crippen LogP contribution >= 0.6 is 0 Å². The molecule has 0 amide bonds. The van der Waals surface area contributed by atoms with E-state index >= 15 is 0 Å². The lowest BCUT2D eigenvalue weighted by Gasteiger charge is -2.21. The number of hydrogen-bond acceptors (Lipinski definition) is 4. The van der Waals surface area contributed by atoms with E-state index in [0.717, 1.165) is 19.4 Å². The summed E-state index contributed by atoms with van der Waals surface area (Å²) in [6.45, 7) is 10.9. The molecule has 0 spiro atoms. The van der Waals surface area contributed by atoms with E-state index < -0.39 is 11.8 Å². The van der Waals surface area contributed by atoms with Gasteiger partial charge in [-0.2, -0.15) is 0 Å². The first-order valence-corrected chi connectivity index (χ1v) is 5.98. The van der Waals surface area contributed by atoms with E-state index in [4.69, 9.17) is 9.47 Å². The maximum absolute atomic E-state index is 11.3. The molecular weight excluding hydrogens is 206 g/mol. The van der Waals surface area contributed by atoms with E-state index in [0.29, 0.717) is 6.61 Å². The van der Waals surface area contributed by atoms with Gasteiger partial charge in [0.05, 0.1) is 0 Å². The normalized spacial score (nSPS) is 13.3. The highest BCUT2D eigenvalue weighted by Crippen LogP contribution is 2.08. The van der Waals surface area contributed by atoms with Crippen molar-refractivity contribution in [1.29, 1.82) is 0 Å². The first-order valence-electron chi connectivity index (χ1n) is 5.98. The molecular formula is C12H25NO3. The van der Waals surface area contributed by atoms with Crippen molar-refractivity contribution in [3.05, 3.63) is 0 Å². The quantitative estimate of drug-likeness (QED) is 0.714. The average Bonchev–Trinajstić information content (AvgIpc) is 2.15. The third kappa shape index (κ3) is 8.53. The highest BCUT2D eigenvalue weighted by Gasteiger charge is 2.18. The van der Waals surface area contributed by atoms with Crippen LogP contribution in [0.4, 0.5) is 4.79 Å². The molecule has 0 rings (SSSR count). The Morgan fingerprint density at radius 1 is 1.31 bits per heavy atom. The molecule has 0 bridgehead atoms. The number of carbonyl (C=O) groups excluding carboxylic acids is 1. The molecule has 96 valence electrons. The molecule has 0 heterocycles. The van der Waals surface area contributed by atoms with Crippen LogP contribution in [0.2, 0.25) is 0 Å². The largest absolute Gasteiger partial charge is 0.508 e. The Morgan fingerprint density at radius 3 is 2.38 bits per heavy atom. The van der Waals surface area contributed by atoms with Crippen LogP contribution in [-0.4, -0.2) is 30.9 Å². The summed E-state index contributed by atoms with van der Waals surface area (Å²) in [4.78, 5) is 11.3. The van der Waals surface area contributed by atoms with Crippen molar-refractivity contribution in [2.45, 2.75) is 59.1 Å². The Morgan fingerprint density at radius 2 is 1.94 bits per heavy atom. The highest BCUT2D eigenvalue weighted by atomic mass is 16.7. The molecule has 0 aromatic rings. The molecule has 4 nitrogen and oxygen atoms in total. The molecule has 4 heteroatoms. The van der Waals surface area contributed by atoms with Gasteiger partial charge in [-0.05, 0) is 40.2 Å². The predicted molar refractivity (Wildman–Crippen MR) is 64.6 cm³/mol. The van der Waals surface area contributed by atoms with Gasteiger partial charge in [0.25, 0.3) is 0 Å². The Balaban J connectivity index is 3.79. The first-order chi connectivity index (χ1) is 7.39. The summed E-state index contributed by atoms with van der Waals surface area (Å²) in [6, 6.07) is 0.215. The summed E-state index contributed by atoms with van der Waals surface area (Å²) >= 11 is 0. The van der Waals surface area contributed by atoms with E-state index in [9.17, 15) is 4.79 Å². The third-order valence-corrected chi connectivity index (χ3v) is 1.97. The van der Waals surface area contributed by atoms with Crippen LogP contribution in [0.5, 0.6) is 0 Å². The lowest BCUT2D eigenvalue weighted by Crippen LogP contribution is -2.35. The smallest absolute Gasteiger partial charge is 0.433 e. The maximum atomic E-state index is 11.3. The number of ether oxygens (including phenoxy) is 2. The summed E-state index contributed by atoms with van der Waals surface area (Å²) in [6.07, 6.45) is 1.41. The molecule has 0 aliphatic carbocycles. The number of hydrogen-bond donors (Lipinski definition) is 1. The molecule has 1 unspecified atom stereocenters. The molecule has 1 atom stereocenters. The summed E-state index contributed by atoms with van der Waals surface area (Å²) < 4.78 is 10.1. The van der Waals surface area contributed by atoms with E-state index in [-0.39, 0.29) is 6.04 Å². The third-order valence-electron chi connectivity index (χ3n) is 1.97. The fourth-order valence-corrected chi connectivity index (χ4v) is 1.12. The van der Waals surface area contributed by atoms with Crippen LogP contribution in [0.25, 0.3) is 0 Å². The van der Waals surface area contributed by atoms with Gasteiger partial charge in [0.2, 0.25) is 0 Å². The Kier molecular flexibility index (Phi) is 7.13. The minimum atomic E-state index is -0.593. The van der Waals surface area contributed by atoms with Crippen molar-refractivity contribution in [2.24, 2.45) is 0 Å². The van der Waals surface area contributed by atoms with Crippen molar-refractivity contribution >= 4 is 6.16 Å². The minimum absolute atomic E-state index is 0.215. The molecule has 0 aromatic heterocycles. The summed E-state index contributed by atoms with van der Waals surface area (Å²) in [5.74, 6) is 0. The molecule has 0 saturated heterocycles. The second kappa shape index (κ2) is 7.49. The molecule has 16 heavy (non-hydrogen) atoms. The Bertz CT molecular complexity index is 199. The highest BCUT2D eigenvalue weighted by molar-refractivity contribution is 5.60. The van der Waals surface area contributed by atoms with Gasteiger partial charge in [0, 0.05) is 6.04 Å². The fourth-order valence-electron chi connectivity index (χ4n) is 1.12. The topological polar surface area (TPSA) is 47.6 Å². The average molecular weight is 231 g/mol. The Labute approximate surface area is 98.7 Å². The molecule has 0 aliphatic rings. The van der Waals surface area contributed by atoms with Crippen molar-refractivity contribution < 1.29 is 14.3 Å². The van der Waals surface area contributed by atoms with Crippen LogP contribution in [0, 0.1) is 0 Å². The van der Waals surface area contributed by atoms with E-state index in [1.807, 2.05) is 20.8 Å². The van der Waals surface area contributed by atoms with E-state index in [2.05, 4.69) is 19.2 Å². The van der Waals surface area contributed by atoms with Gasteiger partial charge in [-0.1, -0.05) is 13.8 Å². The van der Waals surface area contributed by atoms with Crippen LogP contribution < -0.4 is 5.32 Å². The van der Waals surface area contributed by atoms with E-state index in [1.54, 1.807) is 0 Å². The Hall–Kier alpha value is -0.770. The van der Waals surface area contributed by atoms with Gasteiger partial charge in [0.15, 0.2) is 0 Å². The van der Waals surface area contributed by atoms with Crippen LogP contribution in [0.3, 0.4) is 0 Å². The first kappa shape index (κ1) is 15.2. The lowest BCUT2D eigenvalue weighted by molar-refractivity contribution is -0.0108. The van der Waals surface area contributed by atoms with Crippen LogP contribution in [-0.2, 0) is 9.47 Å². The number of rotatable bonds is 6. The van der Waals surface area contributed by atoms with E-state index in [1.165, 1.54) is 0 Å². The summed E-state index contributed by atoms with van der Waals surface area (Å²) in [5, 5.41) is 3.30. The molecule has 0 fully saturated rings. The molecule has 1 N–H and O–H groups in total. The molecule has 0 radical (unpaired) electrons. The van der Waals surface area contributed by atoms with Crippen LogP contribution in [0.1, 0.15) is 47.5 Å². The monoisotopic (exact) mass is 231 g/mol. The summed E-state index contributed by atoms with van der Waals surface area (Å²) in [5.41, 5.74) is -0.490.